The molecule has 0 aliphatic carbocycles. The van der Waals surface area contributed by atoms with E-state index in [1.165, 1.54) is 33.2 Å². The molecule has 1 heterocycles. The molecule has 1 aromatic carbocycles. The van der Waals surface area contributed by atoms with E-state index in [2.05, 4.69) is 5.32 Å². The smallest absolute Gasteiger partial charge is 0.275 e. The summed E-state index contributed by atoms with van der Waals surface area (Å²) in [5.41, 5.74) is 0.535. The number of hydrogen-bond donors (Lipinski definition) is 1. The number of benzene rings is 1. The Morgan fingerprint density at radius 2 is 1.91 bits per heavy atom. The molecule has 2 rings (SSSR count). The molecule has 8 heteroatoms. The van der Waals surface area contributed by atoms with Gasteiger partial charge in [0.05, 0.1) is 5.69 Å². The standard InChI is InChI=1S/C15H18N2O5S/c1-11(18)16-13-6-4-5-7-14(13)21-10-12-8-9-15(22-12)23(19,20)17(2)3/h4-9H,10H2,1-3H3,(H,16,18). The third-order valence-electron chi connectivity index (χ3n) is 2.94. The molecule has 2 aromatic rings. The molecule has 0 aliphatic rings. The number of amides is 1. The minimum atomic E-state index is -3.61. The predicted molar refractivity (Wildman–Crippen MR) is 84.7 cm³/mol. The monoisotopic (exact) mass is 338 g/mol. The lowest BCUT2D eigenvalue weighted by Gasteiger charge is -2.10. The van der Waals surface area contributed by atoms with Crippen LogP contribution >= 0.6 is 0 Å². The van der Waals surface area contributed by atoms with Crippen LogP contribution in [0, 0.1) is 0 Å². The van der Waals surface area contributed by atoms with Gasteiger partial charge in [0.1, 0.15) is 18.1 Å². The van der Waals surface area contributed by atoms with E-state index in [9.17, 15) is 13.2 Å². The number of hydrogen-bond acceptors (Lipinski definition) is 5. The molecule has 7 nitrogen and oxygen atoms in total. The highest BCUT2D eigenvalue weighted by molar-refractivity contribution is 7.88. The molecule has 0 atom stereocenters. The van der Waals surface area contributed by atoms with Crippen LogP contribution in [0.25, 0.3) is 0 Å². The second-order valence-electron chi connectivity index (χ2n) is 4.97. The number of nitrogens with zero attached hydrogens (tertiary/aromatic N) is 1. The Morgan fingerprint density at radius 3 is 2.57 bits per heavy atom. The summed E-state index contributed by atoms with van der Waals surface area (Å²) in [7, 11) is -0.752. The van der Waals surface area contributed by atoms with Gasteiger partial charge in [-0.15, -0.1) is 0 Å². The van der Waals surface area contributed by atoms with Crippen molar-refractivity contribution in [3.63, 3.8) is 0 Å². The van der Waals surface area contributed by atoms with Crippen LogP contribution < -0.4 is 10.1 Å². The summed E-state index contributed by atoms with van der Waals surface area (Å²) < 4.78 is 35.9. The Kier molecular flexibility index (Phi) is 5.07. The molecule has 0 saturated heterocycles. The highest BCUT2D eigenvalue weighted by Gasteiger charge is 2.21. The molecule has 1 amide bonds. The van der Waals surface area contributed by atoms with E-state index >= 15 is 0 Å². The Morgan fingerprint density at radius 1 is 1.22 bits per heavy atom. The number of carbonyl (C=O) groups excluding carboxylic acids is 1. The first kappa shape index (κ1) is 17.0. The first-order valence-electron chi connectivity index (χ1n) is 6.81. The zero-order chi connectivity index (χ0) is 17.0. The molecule has 23 heavy (non-hydrogen) atoms. The molecular formula is C15H18N2O5S. The van der Waals surface area contributed by atoms with Gasteiger partial charge < -0.3 is 14.5 Å². The molecular weight excluding hydrogens is 320 g/mol. The van der Waals surface area contributed by atoms with E-state index < -0.39 is 10.0 Å². The average molecular weight is 338 g/mol. The maximum Gasteiger partial charge on any atom is 0.275 e. The predicted octanol–water partition coefficient (Wildman–Crippen LogP) is 2.07. The quantitative estimate of drug-likeness (QED) is 0.871. The Bertz CT molecular complexity index is 796. The fourth-order valence-corrected chi connectivity index (χ4v) is 2.60. The Labute approximate surface area is 134 Å². The van der Waals surface area contributed by atoms with Gasteiger partial charge in [-0.25, -0.2) is 12.7 Å². The summed E-state index contributed by atoms with van der Waals surface area (Å²) in [5, 5.41) is 2.51. The van der Waals surface area contributed by atoms with Crippen molar-refractivity contribution in [2.24, 2.45) is 0 Å². The molecule has 0 spiro atoms. The van der Waals surface area contributed by atoms with Crippen LogP contribution in [0.3, 0.4) is 0 Å². The third-order valence-corrected chi connectivity index (χ3v) is 4.63. The van der Waals surface area contributed by atoms with Gasteiger partial charge >= 0.3 is 0 Å². The lowest BCUT2D eigenvalue weighted by molar-refractivity contribution is -0.114. The van der Waals surface area contributed by atoms with Crippen molar-refractivity contribution in [2.45, 2.75) is 18.6 Å². The number of sulfonamides is 1. The summed E-state index contributed by atoms with van der Waals surface area (Å²) in [6.07, 6.45) is 0. The molecule has 1 N–H and O–H groups in total. The first-order valence-corrected chi connectivity index (χ1v) is 8.25. The van der Waals surface area contributed by atoms with Gasteiger partial charge in [-0.05, 0) is 24.3 Å². The van der Waals surface area contributed by atoms with Gasteiger partial charge in [0, 0.05) is 21.0 Å². The molecule has 0 fully saturated rings. The number of rotatable bonds is 6. The number of furan rings is 1. The second-order valence-corrected chi connectivity index (χ2v) is 7.06. The normalized spacial score (nSPS) is 11.5. The molecule has 0 saturated carbocycles. The van der Waals surface area contributed by atoms with E-state index in [0.717, 1.165) is 4.31 Å². The van der Waals surface area contributed by atoms with Gasteiger partial charge in [-0.2, -0.15) is 0 Å². The van der Waals surface area contributed by atoms with Gasteiger partial charge in [0.15, 0.2) is 0 Å². The van der Waals surface area contributed by atoms with Crippen molar-refractivity contribution in [3.05, 3.63) is 42.2 Å². The highest BCUT2D eigenvalue weighted by atomic mass is 32.2. The minimum absolute atomic E-state index is 0.0412. The van der Waals surface area contributed by atoms with E-state index in [0.29, 0.717) is 17.2 Å². The number of nitrogens with one attached hydrogen (secondary N) is 1. The van der Waals surface area contributed by atoms with E-state index in [-0.39, 0.29) is 17.6 Å². The topological polar surface area (TPSA) is 88.8 Å². The van der Waals surface area contributed by atoms with Crippen molar-refractivity contribution in [1.29, 1.82) is 0 Å². The number of ether oxygens (including phenoxy) is 1. The summed E-state index contributed by atoms with van der Waals surface area (Å²) in [4.78, 5) is 11.2. The number of carbonyl (C=O) groups is 1. The van der Waals surface area contributed by atoms with Crippen molar-refractivity contribution < 1.29 is 22.4 Å². The SMILES string of the molecule is CC(=O)Nc1ccccc1OCc1ccc(S(=O)(=O)N(C)C)o1. The molecule has 0 aliphatic heterocycles. The molecule has 0 radical (unpaired) electrons. The summed E-state index contributed by atoms with van der Waals surface area (Å²) in [6.45, 7) is 1.45. The molecule has 124 valence electrons. The fourth-order valence-electron chi connectivity index (χ4n) is 1.79. The minimum Gasteiger partial charge on any atom is -0.483 e. The second kappa shape index (κ2) is 6.84. The molecule has 0 bridgehead atoms. The fraction of sp³-hybridized carbons (Fsp3) is 0.267. The summed E-state index contributed by atoms with van der Waals surface area (Å²) >= 11 is 0. The van der Waals surface area contributed by atoms with Crippen molar-refractivity contribution in [3.8, 4) is 5.75 Å². The largest absolute Gasteiger partial charge is 0.483 e. The first-order chi connectivity index (χ1) is 10.8. The summed E-state index contributed by atoms with van der Waals surface area (Å²) in [6, 6.07) is 9.87. The Hall–Kier alpha value is -2.32. The van der Waals surface area contributed by atoms with Crippen LogP contribution in [0.4, 0.5) is 5.69 Å². The van der Waals surface area contributed by atoms with Crippen molar-refractivity contribution in [2.75, 3.05) is 19.4 Å². The maximum atomic E-state index is 11.9. The van der Waals surface area contributed by atoms with Crippen molar-refractivity contribution >= 4 is 21.6 Å². The van der Waals surface area contributed by atoms with Gasteiger partial charge in [-0.1, -0.05) is 12.1 Å². The lowest BCUT2D eigenvalue weighted by Crippen LogP contribution is -2.21. The van der Waals surface area contributed by atoms with Crippen LogP contribution in [0.1, 0.15) is 12.7 Å². The third kappa shape index (κ3) is 4.11. The number of anilines is 1. The van der Waals surface area contributed by atoms with Crippen LogP contribution in [-0.2, 0) is 21.4 Å². The van der Waals surface area contributed by atoms with Crippen LogP contribution in [0.15, 0.2) is 45.9 Å². The number of para-hydroxylation sites is 2. The zero-order valence-corrected chi connectivity index (χ0v) is 13.9. The van der Waals surface area contributed by atoms with Crippen molar-refractivity contribution in [1.82, 2.24) is 4.31 Å². The Balaban J connectivity index is 2.11. The van der Waals surface area contributed by atoms with Gasteiger partial charge in [-0.3, -0.25) is 4.79 Å². The average Bonchev–Trinajstić information content (AvgIpc) is 2.95. The van der Waals surface area contributed by atoms with Crippen LogP contribution in [-0.4, -0.2) is 32.7 Å². The van der Waals surface area contributed by atoms with Crippen LogP contribution in [0.2, 0.25) is 0 Å². The van der Waals surface area contributed by atoms with Gasteiger partial charge in [0.2, 0.25) is 11.0 Å². The van der Waals surface area contributed by atoms with E-state index in [1.807, 2.05) is 0 Å². The lowest BCUT2D eigenvalue weighted by atomic mass is 10.3. The molecule has 0 unspecified atom stereocenters. The van der Waals surface area contributed by atoms with Crippen LogP contribution in [0.5, 0.6) is 5.75 Å². The summed E-state index contributed by atoms with van der Waals surface area (Å²) in [5.74, 6) is 0.623. The zero-order valence-electron chi connectivity index (χ0n) is 13.1. The maximum absolute atomic E-state index is 11.9. The van der Waals surface area contributed by atoms with Gasteiger partial charge in [0.25, 0.3) is 10.0 Å². The van der Waals surface area contributed by atoms with E-state index in [1.54, 1.807) is 24.3 Å². The van der Waals surface area contributed by atoms with E-state index in [4.69, 9.17) is 9.15 Å². The molecule has 1 aromatic heterocycles. The highest BCUT2D eigenvalue weighted by Crippen LogP contribution is 2.25.